The minimum atomic E-state index is -0.402. The first-order chi connectivity index (χ1) is 9.20. The van der Waals surface area contributed by atoms with Crippen molar-refractivity contribution in [1.82, 2.24) is 5.32 Å². The van der Waals surface area contributed by atoms with Crippen molar-refractivity contribution in [1.29, 1.82) is 0 Å². The van der Waals surface area contributed by atoms with Gasteiger partial charge in [0.2, 0.25) is 5.91 Å². The van der Waals surface area contributed by atoms with Crippen molar-refractivity contribution in [2.45, 2.75) is 71.1 Å². The van der Waals surface area contributed by atoms with Gasteiger partial charge in [-0.15, -0.1) is 0 Å². The van der Waals surface area contributed by atoms with E-state index in [1.165, 1.54) is 52.1 Å². The molecular formula is C15H30KNO3. The molecule has 0 heterocycles. The SMILES string of the molecule is CCCCCCCCCCCC(=O)NCC(=O)OC.[H-].[K+]. The van der Waals surface area contributed by atoms with Crippen LogP contribution < -0.4 is 56.7 Å². The van der Waals surface area contributed by atoms with Gasteiger partial charge < -0.3 is 11.5 Å². The molecule has 114 valence electrons. The number of nitrogens with one attached hydrogen (secondary N) is 1. The normalized spacial score (nSPS) is 9.70. The van der Waals surface area contributed by atoms with Crippen LogP contribution in [0.1, 0.15) is 72.6 Å². The molecule has 5 heteroatoms. The second-order valence-corrected chi connectivity index (χ2v) is 4.93. The van der Waals surface area contributed by atoms with E-state index in [0.29, 0.717) is 6.42 Å². The van der Waals surface area contributed by atoms with Crippen LogP contribution in [-0.2, 0) is 14.3 Å². The smallest absolute Gasteiger partial charge is 1.00 e. The molecule has 0 atom stereocenters. The Bertz CT molecular complexity index is 253. The summed E-state index contributed by atoms with van der Waals surface area (Å²) in [5.74, 6) is -0.464. The molecule has 0 aromatic carbocycles. The van der Waals surface area contributed by atoms with Gasteiger partial charge in [0.25, 0.3) is 0 Å². The predicted octanol–water partition coefficient (Wildman–Crippen LogP) is 0.313. The third-order valence-corrected chi connectivity index (χ3v) is 3.16. The zero-order valence-electron chi connectivity index (χ0n) is 14.5. The molecule has 20 heavy (non-hydrogen) atoms. The number of carbonyl (C=O) groups excluding carboxylic acids is 2. The molecule has 0 rings (SSSR count). The van der Waals surface area contributed by atoms with E-state index in [0.717, 1.165) is 12.8 Å². The summed E-state index contributed by atoms with van der Waals surface area (Å²) in [5, 5.41) is 2.55. The maximum atomic E-state index is 11.4. The summed E-state index contributed by atoms with van der Waals surface area (Å²) < 4.78 is 4.44. The number of unbranched alkanes of at least 4 members (excludes halogenated alkanes) is 8. The third-order valence-electron chi connectivity index (χ3n) is 3.16. The summed E-state index contributed by atoms with van der Waals surface area (Å²) in [6.07, 6.45) is 11.6. The summed E-state index contributed by atoms with van der Waals surface area (Å²) >= 11 is 0. The fraction of sp³-hybridized carbons (Fsp3) is 0.867. The van der Waals surface area contributed by atoms with Crippen LogP contribution in [0.25, 0.3) is 0 Å². The van der Waals surface area contributed by atoms with E-state index in [-0.39, 0.29) is 65.3 Å². The van der Waals surface area contributed by atoms with Gasteiger partial charge in [-0.05, 0) is 6.42 Å². The molecule has 0 saturated carbocycles. The molecule has 0 fully saturated rings. The van der Waals surface area contributed by atoms with Crippen molar-refractivity contribution in [3.8, 4) is 0 Å². The molecule has 4 nitrogen and oxygen atoms in total. The van der Waals surface area contributed by atoms with Gasteiger partial charge in [0, 0.05) is 6.42 Å². The first-order valence-electron chi connectivity index (χ1n) is 7.54. The fourth-order valence-electron chi connectivity index (χ4n) is 1.93. The Morgan fingerprint density at radius 3 is 1.95 bits per heavy atom. The van der Waals surface area contributed by atoms with E-state index in [1.54, 1.807) is 0 Å². The van der Waals surface area contributed by atoms with Crippen LogP contribution in [0, 0.1) is 0 Å². The molecule has 0 aromatic rings. The van der Waals surface area contributed by atoms with Crippen LogP contribution in [0.2, 0.25) is 0 Å². The molecule has 0 unspecified atom stereocenters. The van der Waals surface area contributed by atoms with Gasteiger partial charge in [0.05, 0.1) is 7.11 Å². The van der Waals surface area contributed by atoms with Gasteiger partial charge in [-0.25, -0.2) is 0 Å². The summed E-state index contributed by atoms with van der Waals surface area (Å²) in [7, 11) is 1.31. The molecule has 1 N–H and O–H groups in total. The van der Waals surface area contributed by atoms with E-state index in [2.05, 4.69) is 17.0 Å². The standard InChI is InChI=1S/C15H29NO3.K.H/c1-3-4-5-6-7-8-9-10-11-12-14(17)16-13-15(18)19-2;;/h3-13H2,1-2H3,(H,16,17);;/q;+1;-1. The number of amides is 1. The van der Waals surface area contributed by atoms with Gasteiger partial charge >= 0.3 is 57.4 Å². The molecule has 0 aromatic heterocycles. The zero-order chi connectivity index (χ0) is 14.3. The summed E-state index contributed by atoms with van der Waals surface area (Å²) in [5.41, 5.74) is 0. The zero-order valence-corrected chi connectivity index (χ0v) is 16.6. The molecule has 0 saturated heterocycles. The van der Waals surface area contributed by atoms with Gasteiger partial charge in [0.1, 0.15) is 6.54 Å². The summed E-state index contributed by atoms with van der Waals surface area (Å²) in [6, 6.07) is 0. The number of esters is 1. The van der Waals surface area contributed by atoms with E-state index in [4.69, 9.17) is 0 Å². The van der Waals surface area contributed by atoms with Crippen LogP contribution in [0.3, 0.4) is 0 Å². The number of rotatable bonds is 12. The number of carbonyl (C=O) groups is 2. The van der Waals surface area contributed by atoms with Crippen LogP contribution in [-0.4, -0.2) is 25.5 Å². The Morgan fingerprint density at radius 2 is 1.45 bits per heavy atom. The van der Waals surface area contributed by atoms with Crippen LogP contribution in [0.15, 0.2) is 0 Å². The van der Waals surface area contributed by atoms with Crippen molar-refractivity contribution >= 4 is 11.9 Å². The molecule has 1 amide bonds. The van der Waals surface area contributed by atoms with Crippen molar-refractivity contribution < 1.29 is 67.1 Å². The maximum Gasteiger partial charge on any atom is 1.00 e. The molecular weight excluding hydrogens is 281 g/mol. The Kier molecular flexibility index (Phi) is 20.1. The van der Waals surface area contributed by atoms with Crippen LogP contribution in [0.5, 0.6) is 0 Å². The molecule has 0 spiro atoms. The van der Waals surface area contributed by atoms with Crippen LogP contribution >= 0.6 is 0 Å². The first kappa shape index (κ1) is 22.9. The van der Waals surface area contributed by atoms with Crippen molar-refractivity contribution in [3.63, 3.8) is 0 Å². The van der Waals surface area contributed by atoms with Crippen molar-refractivity contribution in [2.75, 3.05) is 13.7 Å². The van der Waals surface area contributed by atoms with Crippen molar-refractivity contribution in [2.24, 2.45) is 0 Å². The monoisotopic (exact) mass is 311 g/mol. The Labute approximate surface area is 167 Å². The summed E-state index contributed by atoms with van der Waals surface area (Å²) in [4.78, 5) is 22.2. The largest absolute Gasteiger partial charge is 1.00 e. The Balaban J connectivity index is -0.00000162. The predicted molar refractivity (Wildman–Crippen MR) is 78.0 cm³/mol. The molecule has 0 bridgehead atoms. The minimum absolute atomic E-state index is 0. The molecule has 0 aliphatic rings. The Hall–Kier alpha value is 0.576. The van der Waals surface area contributed by atoms with Crippen molar-refractivity contribution in [3.05, 3.63) is 0 Å². The topological polar surface area (TPSA) is 55.4 Å². The van der Waals surface area contributed by atoms with E-state index in [9.17, 15) is 9.59 Å². The minimum Gasteiger partial charge on any atom is -1.00 e. The molecule has 0 aliphatic carbocycles. The number of hydrogen-bond acceptors (Lipinski definition) is 3. The van der Waals surface area contributed by atoms with Gasteiger partial charge in [-0.3, -0.25) is 9.59 Å². The maximum absolute atomic E-state index is 11.4. The quantitative estimate of drug-likeness (QED) is 0.321. The fourth-order valence-corrected chi connectivity index (χ4v) is 1.93. The number of hydrogen-bond donors (Lipinski definition) is 1. The molecule has 0 radical (unpaired) electrons. The molecule has 0 aliphatic heterocycles. The Morgan fingerprint density at radius 1 is 0.950 bits per heavy atom. The average Bonchev–Trinajstić information content (AvgIpc) is 2.42. The van der Waals surface area contributed by atoms with Gasteiger partial charge in [-0.2, -0.15) is 0 Å². The first-order valence-corrected chi connectivity index (χ1v) is 7.54. The average molecular weight is 312 g/mol. The van der Waals surface area contributed by atoms with Crippen LogP contribution in [0.4, 0.5) is 0 Å². The second kappa shape index (κ2) is 17.6. The van der Waals surface area contributed by atoms with Gasteiger partial charge in [-0.1, -0.05) is 58.3 Å². The number of methoxy groups -OCH3 is 1. The van der Waals surface area contributed by atoms with E-state index < -0.39 is 5.97 Å². The van der Waals surface area contributed by atoms with Gasteiger partial charge in [0.15, 0.2) is 0 Å². The third kappa shape index (κ3) is 16.6. The second-order valence-electron chi connectivity index (χ2n) is 4.93. The van der Waals surface area contributed by atoms with E-state index in [1.807, 2.05) is 0 Å². The summed E-state index contributed by atoms with van der Waals surface area (Å²) in [6.45, 7) is 2.21. The van der Waals surface area contributed by atoms with E-state index >= 15 is 0 Å². The number of ether oxygens (including phenoxy) is 1.